The van der Waals surface area contributed by atoms with Gasteiger partial charge in [0.1, 0.15) is 0 Å². The van der Waals surface area contributed by atoms with Gasteiger partial charge in [-0.05, 0) is 24.0 Å². The van der Waals surface area contributed by atoms with Gasteiger partial charge in [-0.25, -0.2) is 0 Å². The molecule has 2 N–H and O–H groups in total. The highest BCUT2D eigenvalue weighted by Crippen LogP contribution is 2.48. The lowest BCUT2D eigenvalue weighted by molar-refractivity contribution is 0.145. The number of aliphatic hydroxyl groups excluding tert-OH is 1. The van der Waals surface area contributed by atoms with E-state index in [2.05, 4.69) is 0 Å². The highest BCUT2D eigenvalue weighted by atomic mass is 16.3. The first kappa shape index (κ1) is 10.7. The van der Waals surface area contributed by atoms with Crippen molar-refractivity contribution in [1.29, 1.82) is 0 Å². The molecule has 1 aromatic carbocycles. The molecule has 2 heteroatoms. The third-order valence-corrected chi connectivity index (χ3v) is 3.28. The predicted octanol–water partition coefficient (Wildman–Crippen LogP) is 1.94. The second kappa shape index (κ2) is 3.32. The van der Waals surface area contributed by atoms with Crippen molar-refractivity contribution in [3.05, 3.63) is 35.4 Å². The average Bonchev–Trinajstić information content (AvgIpc) is 2.98. The maximum absolute atomic E-state index is 10.2. The first-order chi connectivity index (χ1) is 6.99. The third-order valence-electron chi connectivity index (χ3n) is 3.28. The molecular weight excluding hydrogens is 188 g/mol. The van der Waals surface area contributed by atoms with Crippen molar-refractivity contribution in [2.24, 2.45) is 0 Å². The van der Waals surface area contributed by atoms with Gasteiger partial charge in [0.25, 0.3) is 0 Å². The molecule has 1 aliphatic rings. The van der Waals surface area contributed by atoms with E-state index in [0.29, 0.717) is 0 Å². The van der Waals surface area contributed by atoms with Gasteiger partial charge >= 0.3 is 0 Å². The Kier molecular flexibility index (Phi) is 2.36. The van der Waals surface area contributed by atoms with Crippen LogP contribution in [0.4, 0.5) is 0 Å². The Labute approximate surface area is 90.6 Å². The first-order valence-electron chi connectivity index (χ1n) is 5.43. The van der Waals surface area contributed by atoms with Gasteiger partial charge in [0.05, 0.1) is 12.2 Å². The standard InChI is InChI=1S/C13H18O2/c1-12(2,9-14)10-5-3-4-6-11(10)13(15)7-8-13/h3-6,14-15H,7-9H2,1-2H3. The van der Waals surface area contributed by atoms with Crippen LogP contribution in [-0.4, -0.2) is 16.8 Å². The maximum atomic E-state index is 10.2. The van der Waals surface area contributed by atoms with Gasteiger partial charge < -0.3 is 10.2 Å². The van der Waals surface area contributed by atoms with E-state index in [9.17, 15) is 10.2 Å². The lowest BCUT2D eigenvalue weighted by Gasteiger charge is -2.27. The van der Waals surface area contributed by atoms with Crippen molar-refractivity contribution in [1.82, 2.24) is 0 Å². The fourth-order valence-electron chi connectivity index (χ4n) is 1.95. The predicted molar refractivity (Wildman–Crippen MR) is 59.7 cm³/mol. The highest BCUT2D eigenvalue weighted by Gasteiger charge is 2.44. The van der Waals surface area contributed by atoms with Crippen LogP contribution in [0.3, 0.4) is 0 Å². The molecule has 1 aromatic rings. The van der Waals surface area contributed by atoms with E-state index < -0.39 is 5.60 Å². The zero-order chi connectivity index (χ0) is 11.1. The van der Waals surface area contributed by atoms with Crippen molar-refractivity contribution >= 4 is 0 Å². The topological polar surface area (TPSA) is 40.5 Å². The lowest BCUT2D eigenvalue weighted by atomic mass is 9.80. The van der Waals surface area contributed by atoms with Crippen molar-refractivity contribution in [3.63, 3.8) is 0 Å². The second-order valence-corrected chi connectivity index (χ2v) is 5.12. The summed E-state index contributed by atoms with van der Waals surface area (Å²) in [5, 5.41) is 19.5. The number of benzene rings is 1. The van der Waals surface area contributed by atoms with Crippen LogP contribution in [0.1, 0.15) is 37.8 Å². The Balaban J connectivity index is 2.47. The number of rotatable bonds is 3. The van der Waals surface area contributed by atoms with E-state index in [1.807, 2.05) is 38.1 Å². The van der Waals surface area contributed by atoms with E-state index in [0.717, 1.165) is 24.0 Å². The molecule has 0 aromatic heterocycles. The van der Waals surface area contributed by atoms with Gasteiger partial charge in [-0.3, -0.25) is 0 Å². The zero-order valence-electron chi connectivity index (χ0n) is 9.33. The van der Waals surface area contributed by atoms with E-state index in [1.54, 1.807) is 0 Å². The normalized spacial score (nSPS) is 18.9. The quantitative estimate of drug-likeness (QED) is 0.793. The molecule has 0 unspecified atom stereocenters. The molecule has 2 rings (SSSR count). The van der Waals surface area contributed by atoms with Crippen LogP contribution in [0.5, 0.6) is 0 Å². The molecule has 0 heterocycles. The fourth-order valence-corrected chi connectivity index (χ4v) is 1.95. The summed E-state index contributed by atoms with van der Waals surface area (Å²) in [6.07, 6.45) is 1.68. The summed E-state index contributed by atoms with van der Waals surface area (Å²) in [5.41, 5.74) is 1.15. The average molecular weight is 206 g/mol. The maximum Gasteiger partial charge on any atom is 0.0901 e. The minimum Gasteiger partial charge on any atom is -0.395 e. The van der Waals surface area contributed by atoms with E-state index in [1.165, 1.54) is 0 Å². The van der Waals surface area contributed by atoms with Crippen molar-refractivity contribution in [2.75, 3.05) is 6.61 Å². The van der Waals surface area contributed by atoms with Gasteiger partial charge in [0.2, 0.25) is 0 Å². The van der Waals surface area contributed by atoms with E-state index in [4.69, 9.17) is 0 Å². The van der Waals surface area contributed by atoms with Crippen LogP contribution < -0.4 is 0 Å². The van der Waals surface area contributed by atoms with Crippen LogP contribution in [0.2, 0.25) is 0 Å². The summed E-state index contributed by atoms with van der Waals surface area (Å²) < 4.78 is 0. The molecule has 15 heavy (non-hydrogen) atoms. The van der Waals surface area contributed by atoms with E-state index >= 15 is 0 Å². The summed E-state index contributed by atoms with van der Waals surface area (Å²) >= 11 is 0. The molecule has 0 saturated heterocycles. The van der Waals surface area contributed by atoms with Crippen molar-refractivity contribution in [3.8, 4) is 0 Å². The first-order valence-corrected chi connectivity index (χ1v) is 5.43. The minimum absolute atomic E-state index is 0.0973. The molecular formula is C13H18O2. The van der Waals surface area contributed by atoms with Crippen LogP contribution in [0, 0.1) is 0 Å². The molecule has 0 amide bonds. The number of hydrogen-bond donors (Lipinski definition) is 2. The lowest BCUT2D eigenvalue weighted by Crippen LogP contribution is -2.26. The molecule has 0 bridgehead atoms. The SMILES string of the molecule is CC(C)(CO)c1ccccc1C1(O)CC1. The number of hydrogen-bond acceptors (Lipinski definition) is 2. The van der Waals surface area contributed by atoms with Gasteiger partial charge in [-0.1, -0.05) is 38.1 Å². The van der Waals surface area contributed by atoms with E-state index in [-0.39, 0.29) is 12.0 Å². The molecule has 1 aliphatic carbocycles. The molecule has 2 nitrogen and oxygen atoms in total. The largest absolute Gasteiger partial charge is 0.395 e. The number of aliphatic hydroxyl groups is 2. The molecule has 82 valence electrons. The highest BCUT2D eigenvalue weighted by molar-refractivity contribution is 5.40. The molecule has 1 saturated carbocycles. The molecule has 0 spiro atoms. The Bertz CT molecular complexity index is 365. The molecule has 0 atom stereocenters. The third kappa shape index (κ3) is 1.80. The van der Waals surface area contributed by atoms with Crippen LogP contribution in [0.25, 0.3) is 0 Å². The summed E-state index contributed by atoms with van der Waals surface area (Å²) in [4.78, 5) is 0. The summed E-state index contributed by atoms with van der Waals surface area (Å²) in [5.74, 6) is 0. The minimum atomic E-state index is -0.622. The summed E-state index contributed by atoms with van der Waals surface area (Å²) in [7, 11) is 0. The second-order valence-electron chi connectivity index (χ2n) is 5.12. The van der Waals surface area contributed by atoms with Gasteiger partial charge in [-0.2, -0.15) is 0 Å². The summed E-state index contributed by atoms with van der Waals surface area (Å²) in [6, 6.07) is 7.88. The van der Waals surface area contributed by atoms with Crippen LogP contribution in [-0.2, 0) is 11.0 Å². The zero-order valence-corrected chi connectivity index (χ0v) is 9.33. The fraction of sp³-hybridized carbons (Fsp3) is 0.538. The summed E-state index contributed by atoms with van der Waals surface area (Å²) in [6.45, 7) is 4.09. The van der Waals surface area contributed by atoms with Crippen LogP contribution in [0.15, 0.2) is 24.3 Å². The molecule has 0 aliphatic heterocycles. The Morgan fingerprint density at radius 3 is 2.40 bits per heavy atom. The Hall–Kier alpha value is -0.860. The monoisotopic (exact) mass is 206 g/mol. The Morgan fingerprint density at radius 2 is 1.87 bits per heavy atom. The van der Waals surface area contributed by atoms with Gasteiger partial charge in [-0.15, -0.1) is 0 Å². The van der Waals surface area contributed by atoms with Crippen molar-refractivity contribution in [2.45, 2.75) is 37.7 Å². The smallest absolute Gasteiger partial charge is 0.0901 e. The van der Waals surface area contributed by atoms with Crippen molar-refractivity contribution < 1.29 is 10.2 Å². The molecule has 1 fully saturated rings. The van der Waals surface area contributed by atoms with Gasteiger partial charge in [0.15, 0.2) is 0 Å². The van der Waals surface area contributed by atoms with Gasteiger partial charge in [0, 0.05) is 5.41 Å². The molecule has 0 radical (unpaired) electrons. The van der Waals surface area contributed by atoms with Crippen LogP contribution >= 0.6 is 0 Å². The Morgan fingerprint density at radius 1 is 1.27 bits per heavy atom.